The Bertz CT molecular complexity index is 947. The van der Waals surface area contributed by atoms with Gasteiger partial charge in [-0.25, -0.2) is 4.98 Å². The van der Waals surface area contributed by atoms with Crippen LogP contribution in [-0.4, -0.2) is 45.9 Å². The van der Waals surface area contributed by atoms with E-state index in [0.717, 1.165) is 28.6 Å². The van der Waals surface area contributed by atoms with Gasteiger partial charge in [0.25, 0.3) is 0 Å². The monoisotopic (exact) mass is 365 g/mol. The fourth-order valence-corrected chi connectivity index (χ4v) is 4.60. The Morgan fingerprint density at radius 1 is 1.11 bits per heavy atom. The highest BCUT2D eigenvalue weighted by Gasteiger charge is 2.63. The molecule has 3 aliphatic rings. The van der Waals surface area contributed by atoms with Gasteiger partial charge >= 0.3 is 0 Å². The van der Waals surface area contributed by atoms with E-state index in [1.54, 1.807) is 13.0 Å². The topological polar surface area (TPSA) is 88.6 Å². The van der Waals surface area contributed by atoms with Crippen LogP contribution < -0.4 is 5.32 Å². The Morgan fingerprint density at radius 3 is 2.48 bits per heavy atom. The first-order chi connectivity index (χ1) is 13.0. The van der Waals surface area contributed by atoms with Crippen LogP contribution in [0.5, 0.6) is 0 Å². The molecule has 1 aromatic carbocycles. The molecule has 0 saturated carbocycles. The van der Waals surface area contributed by atoms with E-state index in [-0.39, 0.29) is 24.0 Å². The Labute approximate surface area is 155 Å². The number of likely N-dealkylation sites (tertiary alicyclic amines) is 1. The molecule has 7 nitrogen and oxygen atoms in total. The molecule has 3 fully saturated rings. The van der Waals surface area contributed by atoms with Crippen LogP contribution in [0, 0.1) is 11.8 Å². The molecule has 27 heavy (non-hydrogen) atoms. The second kappa shape index (κ2) is 5.85. The normalized spacial score (nSPS) is 30.0. The van der Waals surface area contributed by atoms with Gasteiger partial charge in [-0.1, -0.05) is 18.2 Å². The van der Waals surface area contributed by atoms with E-state index in [4.69, 9.17) is 4.74 Å². The number of para-hydroxylation sites is 1. The molecule has 0 unspecified atom stereocenters. The zero-order valence-electron chi connectivity index (χ0n) is 14.8. The van der Waals surface area contributed by atoms with Crippen molar-refractivity contribution in [2.75, 3.05) is 5.32 Å². The number of hydrogen-bond acceptors (Lipinski definition) is 5. The van der Waals surface area contributed by atoms with Gasteiger partial charge in [0.15, 0.2) is 0 Å². The van der Waals surface area contributed by atoms with Gasteiger partial charge in [-0.2, -0.15) is 0 Å². The summed E-state index contributed by atoms with van der Waals surface area (Å²) in [5.41, 5.74) is 0.763. The van der Waals surface area contributed by atoms with Gasteiger partial charge in [0.1, 0.15) is 11.9 Å². The van der Waals surface area contributed by atoms with Crippen LogP contribution in [0.3, 0.4) is 0 Å². The molecule has 3 aliphatic heterocycles. The highest BCUT2D eigenvalue weighted by molar-refractivity contribution is 6.10. The van der Waals surface area contributed by atoms with Crippen LogP contribution in [-0.2, 0) is 19.1 Å². The number of anilines is 1. The summed E-state index contributed by atoms with van der Waals surface area (Å²) in [5.74, 6) is -1.45. The molecular weight excluding hydrogens is 346 g/mol. The zero-order valence-corrected chi connectivity index (χ0v) is 14.8. The van der Waals surface area contributed by atoms with Gasteiger partial charge < -0.3 is 10.1 Å². The van der Waals surface area contributed by atoms with Gasteiger partial charge in [-0.15, -0.1) is 0 Å². The molecule has 0 spiro atoms. The number of amides is 3. The first-order valence-corrected chi connectivity index (χ1v) is 9.23. The summed E-state index contributed by atoms with van der Waals surface area (Å²) in [4.78, 5) is 43.8. The molecule has 0 aliphatic carbocycles. The van der Waals surface area contributed by atoms with Gasteiger partial charge in [0.2, 0.25) is 17.7 Å². The SMILES string of the molecule is C[C@H](C(=O)Nc1ccc2ccccc2n1)N1C(=O)[C@@H]2[C@H](C1=O)[C@H]1CC[C@H]2O1. The number of aromatic nitrogens is 1. The van der Waals surface area contributed by atoms with E-state index in [2.05, 4.69) is 10.3 Å². The molecule has 1 aromatic heterocycles. The Hall–Kier alpha value is -2.80. The van der Waals surface area contributed by atoms with Crippen molar-refractivity contribution in [1.82, 2.24) is 9.88 Å². The first-order valence-electron chi connectivity index (χ1n) is 9.23. The van der Waals surface area contributed by atoms with E-state index in [1.807, 2.05) is 30.3 Å². The number of carbonyl (C=O) groups is 3. The molecule has 7 heteroatoms. The van der Waals surface area contributed by atoms with Crippen LogP contribution in [0.25, 0.3) is 10.9 Å². The third-order valence-electron chi connectivity index (χ3n) is 5.93. The maximum absolute atomic E-state index is 12.8. The minimum Gasteiger partial charge on any atom is -0.373 e. The van der Waals surface area contributed by atoms with Crippen molar-refractivity contribution in [3.63, 3.8) is 0 Å². The van der Waals surface area contributed by atoms with Gasteiger partial charge in [-0.3, -0.25) is 19.3 Å². The van der Waals surface area contributed by atoms with Crippen molar-refractivity contribution < 1.29 is 19.1 Å². The van der Waals surface area contributed by atoms with Crippen LogP contribution >= 0.6 is 0 Å². The Morgan fingerprint density at radius 2 is 1.78 bits per heavy atom. The number of imide groups is 1. The zero-order chi connectivity index (χ0) is 18.7. The summed E-state index contributed by atoms with van der Waals surface area (Å²) < 4.78 is 5.73. The molecular formula is C20H19N3O4. The lowest BCUT2D eigenvalue weighted by Crippen LogP contribution is -2.47. The summed E-state index contributed by atoms with van der Waals surface area (Å²) in [7, 11) is 0. The molecule has 4 heterocycles. The number of ether oxygens (including phenoxy) is 1. The van der Waals surface area contributed by atoms with Crippen molar-refractivity contribution in [2.24, 2.45) is 11.8 Å². The molecule has 5 atom stereocenters. The lowest BCUT2D eigenvalue weighted by Gasteiger charge is -2.23. The quantitative estimate of drug-likeness (QED) is 0.837. The van der Waals surface area contributed by atoms with Crippen molar-refractivity contribution in [2.45, 2.75) is 38.0 Å². The van der Waals surface area contributed by atoms with Gasteiger partial charge in [0, 0.05) is 5.39 Å². The maximum Gasteiger partial charge on any atom is 0.248 e. The lowest BCUT2D eigenvalue weighted by molar-refractivity contribution is -0.148. The van der Waals surface area contributed by atoms with Crippen LogP contribution in [0.1, 0.15) is 19.8 Å². The molecule has 3 amide bonds. The highest BCUT2D eigenvalue weighted by Crippen LogP contribution is 2.48. The number of pyridine rings is 1. The van der Waals surface area contributed by atoms with Crippen molar-refractivity contribution >= 4 is 34.4 Å². The van der Waals surface area contributed by atoms with Crippen molar-refractivity contribution in [3.05, 3.63) is 36.4 Å². The maximum atomic E-state index is 12.8. The number of fused-ring (bicyclic) bond motifs is 6. The average Bonchev–Trinajstić information content (AvgIpc) is 3.35. The third kappa shape index (κ3) is 2.38. The average molecular weight is 365 g/mol. The number of nitrogens with zero attached hydrogens (tertiary/aromatic N) is 2. The minimum absolute atomic E-state index is 0.182. The Balaban J connectivity index is 1.35. The highest BCUT2D eigenvalue weighted by atomic mass is 16.5. The number of carbonyl (C=O) groups excluding carboxylic acids is 3. The number of hydrogen-bond donors (Lipinski definition) is 1. The van der Waals surface area contributed by atoms with E-state index in [9.17, 15) is 14.4 Å². The predicted octanol–water partition coefficient (Wildman–Crippen LogP) is 1.72. The van der Waals surface area contributed by atoms with Crippen LogP contribution in [0.15, 0.2) is 36.4 Å². The summed E-state index contributed by atoms with van der Waals surface area (Å²) in [6.07, 6.45) is 1.25. The van der Waals surface area contributed by atoms with Crippen molar-refractivity contribution in [3.8, 4) is 0 Å². The summed E-state index contributed by atoms with van der Waals surface area (Å²) in [6, 6.07) is 10.3. The number of benzene rings is 1. The predicted molar refractivity (Wildman–Crippen MR) is 96.6 cm³/mol. The van der Waals surface area contributed by atoms with E-state index >= 15 is 0 Å². The van der Waals surface area contributed by atoms with Crippen LogP contribution in [0.2, 0.25) is 0 Å². The van der Waals surface area contributed by atoms with E-state index in [0.29, 0.717) is 5.82 Å². The number of rotatable bonds is 3. The molecule has 2 bridgehead atoms. The molecule has 2 aromatic rings. The fourth-order valence-electron chi connectivity index (χ4n) is 4.60. The van der Waals surface area contributed by atoms with E-state index < -0.39 is 23.8 Å². The number of nitrogens with one attached hydrogen (secondary N) is 1. The second-order valence-corrected chi connectivity index (χ2v) is 7.44. The summed E-state index contributed by atoms with van der Waals surface area (Å²) in [5, 5.41) is 3.70. The lowest BCUT2D eigenvalue weighted by atomic mass is 9.81. The largest absolute Gasteiger partial charge is 0.373 e. The van der Waals surface area contributed by atoms with Crippen LogP contribution in [0.4, 0.5) is 5.82 Å². The van der Waals surface area contributed by atoms with Gasteiger partial charge in [0.05, 0.1) is 29.6 Å². The van der Waals surface area contributed by atoms with Gasteiger partial charge in [-0.05, 0) is 38.0 Å². The summed E-state index contributed by atoms with van der Waals surface area (Å²) in [6.45, 7) is 1.58. The minimum atomic E-state index is -0.886. The molecule has 0 radical (unpaired) electrons. The third-order valence-corrected chi connectivity index (χ3v) is 5.93. The standard InChI is InChI=1S/C20H19N3O4/c1-10(18(24)22-15-9-6-11-4-2-3-5-12(11)21-15)23-19(25)16-13-7-8-14(27-13)17(16)20(23)26/h2-6,9-10,13-14,16-17H,7-8H2,1H3,(H,21,22,24)/t10-,13-,14-,16-,17+/m1/s1. The van der Waals surface area contributed by atoms with E-state index in [1.165, 1.54) is 0 Å². The first kappa shape index (κ1) is 16.4. The molecule has 5 rings (SSSR count). The fraction of sp³-hybridized carbons (Fsp3) is 0.400. The second-order valence-electron chi connectivity index (χ2n) is 7.44. The molecule has 1 N–H and O–H groups in total. The Kier molecular flexibility index (Phi) is 3.55. The molecule has 3 saturated heterocycles. The molecule has 138 valence electrons. The summed E-state index contributed by atoms with van der Waals surface area (Å²) >= 11 is 0. The van der Waals surface area contributed by atoms with Crippen molar-refractivity contribution in [1.29, 1.82) is 0 Å². The smallest absolute Gasteiger partial charge is 0.248 e.